The lowest BCUT2D eigenvalue weighted by molar-refractivity contribution is -0.121. The van der Waals surface area contributed by atoms with E-state index in [1.165, 1.54) is 0 Å². The Balaban J connectivity index is 1.65. The smallest absolute Gasteiger partial charge is 0.220 e. The van der Waals surface area contributed by atoms with E-state index in [0.29, 0.717) is 19.3 Å². The molecule has 0 radical (unpaired) electrons. The zero-order valence-corrected chi connectivity index (χ0v) is 11.3. The maximum atomic E-state index is 11.6. The van der Waals surface area contributed by atoms with Gasteiger partial charge >= 0.3 is 0 Å². The van der Waals surface area contributed by atoms with Gasteiger partial charge < -0.3 is 14.8 Å². The van der Waals surface area contributed by atoms with E-state index < -0.39 is 6.10 Å². The van der Waals surface area contributed by atoms with Crippen molar-refractivity contribution in [3.63, 3.8) is 0 Å². The van der Waals surface area contributed by atoms with E-state index in [4.69, 9.17) is 4.42 Å². The SMILES string of the molecule is O=C(CCc1ccco1)NC[C@@H](O)Cc1ccccc1. The molecule has 2 aromatic rings. The number of nitrogens with one attached hydrogen (secondary N) is 1. The number of carbonyl (C=O) groups excluding carboxylic acids is 1. The fourth-order valence-corrected chi connectivity index (χ4v) is 1.97. The Morgan fingerprint density at radius 1 is 1.20 bits per heavy atom. The molecule has 1 amide bonds. The molecule has 106 valence electrons. The first-order valence-corrected chi connectivity index (χ1v) is 6.75. The third kappa shape index (κ3) is 4.90. The molecule has 1 aromatic carbocycles. The highest BCUT2D eigenvalue weighted by atomic mass is 16.3. The Kier molecular flexibility index (Phi) is 5.38. The summed E-state index contributed by atoms with van der Waals surface area (Å²) in [7, 11) is 0. The molecule has 20 heavy (non-hydrogen) atoms. The quantitative estimate of drug-likeness (QED) is 0.810. The number of aliphatic hydroxyl groups is 1. The summed E-state index contributed by atoms with van der Waals surface area (Å²) in [5, 5.41) is 12.6. The summed E-state index contributed by atoms with van der Waals surface area (Å²) in [6.07, 6.45) is 2.51. The van der Waals surface area contributed by atoms with Gasteiger partial charge in [-0.2, -0.15) is 0 Å². The van der Waals surface area contributed by atoms with Crippen LogP contribution in [0.5, 0.6) is 0 Å². The Bertz CT molecular complexity index is 508. The molecule has 2 rings (SSSR count). The third-order valence-electron chi connectivity index (χ3n) is 3.03. The maximum absolute atomic E-state index is 11.6. The Morgan fingerprint density at radius 2 is 2.00 bits per heavy atom. The van der Waals surface area contributed by atoms with Gasteiger partial charge in [0.15, 0.2) is 0 Å². The van der Waals surface area contributed by atoms with Gasteiger partial charge in [0.05, 0.1) is 12.4 Å². The maximum Gasteiger partial charge on any atom is 0.220 e. The van der Waals surface area contributed by atoms with E-state index in [2.05, 4.69) is 5.32 Å². The van der Waals surface area contributed by atoms with Crippen molar-refractivity contribution >= 4 is 5.91 Å². The topological polar surface area (TPSA) is 62.5 Å². The summed E-state index contributed by atoms with van der Waals surface area (Å²) in [5.74, 6) is 0.721. The molecule has 0 saturated carbocycles. The molecule has 1 heterocycles. The van der Waals surface area contributed by atoms with Crippen molar-refractivity contribution in [1.82, 2.24) is 5.32 Å². The second-order valence-corrected chi connectivity index (χ2v) is 4.73. The van der Waals surface area contributed by atoms with Gasteiger partial charge in [-0.05, 0) is 17.7 Å². The minimum absolute atomic E-state index is 0.0755. The van der Waals surface area contributed by atoms with Crippen LogP contribution in [-0.2, 0) is 17.6 Å². The second kappa shape index (κ2) is 7.50. The standard InChI is InChI=1S/C16H19NO3/c18-14(11-13-5-2-1-3-6-13)12-17-16(19)9-8-15-7-4-10-20-15/h1-7,10,14,18H,8-9,11-12H2,(H,17,19)/t14-/m0/s1. The molecule has 0 bridgehead atoms. The molecule has 0 aliphatic heterocycles. The van der Waals surface area contributed by atoms with Crippen LogP contribution in [0.25, 0.3) is 0 Å². The molecular weight excluding hydrogens is 254 g/mol. The van der Waals surface area contributed by atoms with Crippen LogP contribution in [0, 0.1) is 0 Å². The van der Waals surface area contributed by atoms with Crippen LogP contribution in [0.4, 0.5) is 0 Å². The van der Waals surface area contributed by atoms with Crippen molar-refractivity contribution in [2.24, 2.45) is 0 Å². The van der Waals surface area contributed by atoms with E-state index >= 15 is 0 Å². The average molecular weight is 273 g/mol. The number of hydrogen-bond acceptors (Lipinski definition) is 3. The number of amides is 1. The van der Waals surface area contributed by atoms with Gasteiger partial charge in [-0.25, -0.2) is 0 Å². The van der Waals surface area contributed by atoms with Crippen molar-refractivity contribution in [3.05, 3.63) is 60.1 Å². The first-order valence-electron chi connectivity index (χ1n) is 6.75. The van der Waals surface area contributed by atoms with Crippen molar-refractivity contribution < 1.29 is 14.3 Å². The molecule has 1 atom stereocenters. The molecule has 0 aliphatic rings. The van der Waals surface area contributed by atoms with Gasteiger partial charge in [-0.15, -0.1) is 0 Å². The van der Waals surface area contributed by atoms with E-state index in [1.54, 1.807) is 12.3 Å². The lowest BCUT2D eigenvalue weighted by atomic mass is 10.1. The Labute approximate surface area is 118 Å². The van der Waals surface area contributed by atoms with Crippen LogP contribution >= 0.6 is 0 Å². The van der Waals surface area contributed by atoms with Gasteiger partial charge in [0.2, 0.25) is 5.91 Å². The average Bonchev–Trinajstić information content (AvgIpc) is 2.97. The number of benzene rings is 1. The largest absolute Gasteiger partial charge is 0.469 e. The van der Waals surface area contributed by atoms with Crippen LogP contribution in [0.2, 0.25) is 0 Å². The first-order chi connectivity index (χ1) is 9.74. The number of hydrogen-bond donors (Lipinski definition) is 2. The predicted octanol–water partition coefficient (Wildman–Crippen LogP) is 1.93. The van der Waals surface area contributed by atoms with Crippen molar-refractivity contribution in [3.8, 4) is 0 Å². The second-order valence-electron chi connectivity index (χ2n) is 4.73. The molecule has 0 spiro atoms. The molecule has 2 N–H and O–H groups in total. The molecule has 0 fully saturated rings. The number of carbonyl (C=O) groups is 1. The van der Waals surface area contributed by atoms with Gasteiger partial charge in [0, 0.05) is 25.8 Å². The lowest BCUT2D eigenvalue weighted by Gasteiger charge is -2.11. The van der Waals surface area contributed by atoms with Crippen LogP contribution in [0.15, 0.2) is 53.1 Å². The molecule has 0 unspecified atom stereocenters. The van der Waals surface area contributed by atoms with E-state index in [0.717, 1.165) is 11.3 Å². The van der Waals surface area contributed by atoms with E-state index in [9.17, 15) is 9.90 Å². The fraction of sp³-hybridized carbons (Fsp3) is 0.312. The molecule has 0 aliphatic carbocycles. The normalized spacial score (nSPS) is 12.1. The Morgan fingerprint density at radius 3 is 2.70 bits per heavy atom. The zero-order valence-electron chi connectivity index (χ0n) is 11.3. The Hall–Kier alpha value is -2.07. The number of aliphatic hydroxyl groups excluding tert-OH is 1. The van der Waals surface area contributed by atoms with Gasteiger partial charge in [0.1, 0.15) is 5.76 Å². The lowest BCUT2D eigenvalue weighted by Crippen LogP contribution is -2.33. The minimum Gasteiger partial charge on any atom is -0.469 e. The molecule has 4 nitrogen and oxygen atoms in total. The van der Waals surface area contributed by atoms with Gasteiger partial charge in [0.25, 0.3) is 0 Å². The monoisotopic (exact) mass is 273 g/mol. The van der Waals surface area contributed by atoms with E-state index in [1.807, 2.05) is 36.4 Å². The van der Waals surface area contributed by atoms with Gasteiger partial charge in [-0.3, -0.25) is 4.79 Å². The highest BCUT2D eigenvalue weighted by Crippen LogP contribution is 2.04. The first kappa shape index (κ1) is 14.3. The summed E-state index contributed by atoms with van der Waals surface area (Å²) in [6, 6.07) is 13.4. The fourth-order valence-electron chi connectivity index (χ4n) is 1.97. The van der Waals surface area contributed by atoms with Crippen LogP contribution in [0.1, 0.15) is 17.7 Å². The summed E-state index contributed by atoms with van der Waals surface area (Å²) >= 11 is 0. The van der Waals surface area contributed by atoms with Crippen molar-refractivity contribution in [2.45, 2.75) is 25.4 Å². The van der Waals surface area contributed by atoms with Gasteiger partial charge in [-0.1, -0.05) is 30.3 Å². The summed E-state index contributed by atoms with van der Waals surface area (Å²) < 4.78 is 5.16. The highest BCUT2D eigenvalue weighted by Gasteiger charge is 2.08. The van der Waals surface area contributed by atoms with E-state index in [-0.39, 0.29) is 12.5 Å². The highest BCUT2D eigenvalue weighted by molar-refractivity contribution is 5.76. The molecule has 0 saturated heterocycles. The number of furan rings is 1. The molecular formula is C16H19NO3. The van der Waals surface area contributed by atoms with Crippen LogP contribution < -0.4 is 5.32 Å². The van der Waals surface area contributed by atoms with Crippen molar-refractivity contribution in [2.75, 3.05) is 6.54 Å². The minimum atomic E-state index is -0.565. The summed E-state index contributed by atoms with van der Waals surface area (Å²) in [6.45, 7) is 0.270. The number of rotatable bonds is 7. The third-order valence-corrected chi connectivity index (χ3v) is 3.03. The molecule has 4 heteroatoms. The zero-order chi connectivity index (χ0) is 14.2. The van der Waals surface area contributed by atoms with Crippen LogP contribution in [-0.4, -0.2) is 23.7 Å². The number of aryl methyl sites for hydroxylation is 1. The van der Waals surface area contributed by atoms with Crippen LogP contribution in [0.3, 0.4) is 0 Å². The summed E-state index contributed by atoms with van der Waals surface area (Å²) in [4.78, 5) is 11.6. The summed E-state index contributed by atoms with van der Waals surface area (Å²) in [5.41, 5.74) is 1.06. The predicted molar refractivity (Wildman–Crippen MR) is 76.2 cm³/mol. The molecule has 1 aromatic heterocycles. The van der Waals surface area contributed by atoms with Crippen molar-refractivity contribution in [1.29, 1.82) is 0 Å².